The average molecular weight is 668 g/mol. The Hall–Kier alpha value is -1.49. The lowest BCUT2D eigenvalue weighted by atomic mass is 9.69. The number of halogens is 1. The Morgan fingerprint density at radius 1 is 1.07 bits per heavy atom. The SMILES string of the molecule is CC1(C)[C@@H]2CC[C@@]1(CS(=O)(=O)N(C1CCCCC1)C1CCCCC1)[C@H](OC(=O)[C@@H](NC=O)[C@H](O)c1ccccc1Br)C2. The molecule has 8 nitrogen and oxygen atoms in total. The number of esters is 1. The molecule has 4 aliphatic rings. The number of hydrogen-bond acceptors (Lipinski definition) is 6. The van der Waals surface area contributed by atoms with Crippen LogP contribution in [0.2, 0.25) is 0 Å². The summed E-state index contributed by atoms with van der Waals surface area (Å²) in [5, 5.41) is 13.6. The molecule has 1 aromatic rings. The van der Waals surface area contributed by atoms with Gasteiger partial charge >= 0.3 is 5.97 Å². The minimum atomic E-state index is -3.67. The first kappa shape index (κ1) is 31.9. The predicted octanol–water partition coefficient (Wildman–Crippen LogP) is 5.63. The number of aliphatic hydroxyl groups is 1. The third-order valence-electron chi connectivity index (χ3n) is 11.3. The molecule has 5 atom stereocenters. The van der Waals surface area contributed by atoms with Crippen molar-refractivity contribution in [3.05, 3.63) is 34.3 Å². The van der Waals surface area contributed by atoms with Crippen LogP contribution in [0.25, 0.3) is 0 Å². The second kappa shape index (κ2) is 12.9. The summed E-state index contributed by atoms with van der Waals surface area (Å²) in [6.45, 7) is 4.27. The minimum absolute atomic E-state index is 0.0347. The summed E-state index contributed by atoms with van der Waals surface area (Å²) >= 11 is 3.42. The van der Waals surface area contributed by atoms with Crippen molar-refractivity contribution in [1.82, 2.24) is 9.62 Å². The van der Waals surface area contributed by atoms with E-state index in [0.717, 1.165) is 70.6 Å². The molecule has 0 aliphatic heterocycles. The summed E-state index contributed by atoms with van der Waals surface area (Å²) in [4.78, 5) is 25.2. The maximum atomic E-state index is 14.6. The van der Waals surface area contributed by atoms with Crippen LogP contribution in [0.3, 0.4) is 0 Å². The highest BCUT2D eigenvalue weighted by molar-refractivity contribution is 9.10. The Morgan fingerprint density at radius 2 is 1.67 bits per heavy atom. The summed E-state index contributed by atoms with van der Waals surface area (Å²) in [5.74, 6) is -0.548. The van der Waals surface area contributed by atoms with E-state index in [1.165, 1.54) is 0 Å². The van der Waals surface area contributed by atoms with Crippen LogP contribution in [0.1, 0.15) is 109 Å². The van der Waals surface area contributed by atoms with E-state index in [1.807, 2.05) is 4.31 Å². The summed E-state index contributed by atoms with van der Waals surface area (Å²) in [6.07, 6.45) is 10.8. The van der Waals surface area contributed by atoms with Gasteiger partial charge in [-0.05, 0) is 67.9 Å². The zero-order chi connectivity index (χ0) is 30.1. The van der Waals surface area contributed by atoms with Gasteiger partial charge in [0.1, 0.15) is 12.2 Å². The van der Waals surface area contributed by atoms with Crippen LogP contribution in [-0.4, -0.2) is 60.2 Å². The molecule has 2 bridgehead atoms. The second-order valence-corrected chi connectivity index (χ2v) is 16.4. The first-order valence-corrected chi connectivity index (χ1v) is 18.3. The van der Waals surface area contributed by atoms with E-state index in [0.29, 0.717) is 29.3 Å². The van der Waals surface area contributed by atoms with Crippen molar-refractivity contribution in [2.24, 2.45) is 16.7 Å². The van der Waals surface area contributed by atoms with Gasteiger partial charge in [-0.1, -0.05) is 86.5 Å². The first-order valence-electron chi connectivity index (χ1n) is 15.9. The van der Waals surface area contributed by atoms with E-state index >= 15 is 0 Å². The molecule has 4 aliphatic carbocycles. The molecule has 0 spiro atoms. The van der Waals surface area contributed by atoms with E-state index in [4.69, 9.17) is 4.74 Å². The molecular weight excluding hydrogens is 620 g/mol. The summed E-state index contributed by atoms with van der Waals surface area (Å²) in [6, 6.07) is 5.75. The van der Waals surface area contributed by atoms with Crippen LogP contribution in [0, 0.1) is 16.7 Å². The maximum absolute atomic E-state index is 14.6. The number of benzene rings is 1. The van der Waals surface area contributed by atoms with Crippen LogP contribution in [0.5, 0.6) is 0 Å². The van der Waals surface area contributed by atoms with Crippen molar-refractivity contribution in [3.63, 3.8) is 0 Å². The van der Waals surface area contributed by atoms with E-state index < -0.39 is 39.7 Å². The van der Waals surface area contributed by atoms with Crippen LogP contribution >= 0.6 is 15.9 Å². The average Bonchev–Trinajstić information content (AvgIpc) is 3.32. The van der Waals surface area contributed by atoms with Gasteiger partial charge in [-0.2, -0.15) is 4.31 Å². The van der Waals surface area contributed by atoms with Crippen molar-refractivity contribution < 1.29 is 27.9 Å². The number of nitrogens with one attached hydrogen (secondary N) is 1. The fourth-order valence-corrected chi connectivity index (χ4v) is 12.2. The van der Waals surface area contributed by atoms with Gasteiger partial charge in [-0.15, -0.1) is 0 Å². The predicted molar refractivity (Wildman–Crippen MR) is 165 cm³/mol. The molecule has 1 amide bonds. The molecule has 0 unspecified atom stereocenters. The maximum Gasteiger partial charge on any atom is 0.332 e. The molecule has 5 rings (SSSR count). The Bertz CT molecular complexity index is 1210. The highest BCUT2D eigenvalue weighted by Crippen LogP contribution is 2.67. The molecular formula is C32H47BrN2O6S. The van der Waals surface area contributed by atoms with Crippen molar-refractivity contribution in [2.45, 2.75) is 128 Å². The van der Waals surface area contributed by atoms with Gasteiger partial charge in [-0.25, -0.2) is 13.2 Å². The normalized spacial score (nSPS) is 29.7. The summed E-state index contributed by atoms with van der Waals surface area (Å²) < 4.78 is 38.0. The number of rotatable bonds is 11. The van der Waals surface area contributed by atoms with E-state index in [9.17, 15) is 23.1 Å². The van der Waals surface area contributed by atoms with Gasteiger partial charge in [-0.3, -0.25) is 4.79 Å². The van der Waals surface area contributed by atoms with Crippen LogP contribution in [0.4, 0.5) is 0 Å². The van der Waals surface area contributed by atoms with Gasteiger partial charge in [0.25, 0.3) is 0 Å². The van der Waals surface area contributed by atoms with Crippen molar-refractivity contribution in [1.29, 1.82) is 0 Å². The number of aliphatic hydroxyl groups excluding tert-OH is 1. The molecule has 0 aromatic heterocycles. The second-order valence-electron chi connectivity index (χ2n) is 13.7. The van der Waals surface area contributed by atoms with Gasteiger partial charge in [0.05, 0.1) is 5.75 Å². The van der Waals surface area contributed by atoms with Crippen molar-refractivity contribution in [2.75, 3.05) is 5.75 Å². The lowest BCUT2D eigenvalue weighted by Crippen LogP contribution is -2.55. The highest BCUT2D eigenvalue weighted by Gasteiger charge is 2.67. The van der Waals surface area contributed by atoms with Crippen LogP contribution < -0.4 is 5.32 Å². The van der Waals surface area contributed by atoms with Crippen LogP contribution in [-0.2, 0) is 24.3 Å². The van der Waals surface area contributed by atoms with E-state index in [2.05, 4.69) is 35.1 Å². The Kier molecular flexibility index (Phi) is 9.77. The number of nitrogens with zero attached hydrogens (tertiary/aromatic N) is 1. The number of sulfonamides is 1. The standard InChI is InChI=1S/C32H47BrN2O6S/c1-31(2)22-17-18-32(31,20-42(39,40)35(23-11-5-3-6-12-23)24-13-7-4-8-14-24)27(19-22)41-30(38)28(34-21-36)29(37)25-15-9-10-16-26(25)33/h9-10,15-16,21-24,27-29,37H,3-8,11-14,17-20H2,1-2H3,(H,34,36)/t22-,27-,28+,29-,32-/m1/s1. The smallest absolute Gasteiger partial charge is 0.332 e. The zero-order valence-electron chi connectivity index (χ0n) is 25.0. The summed E-state index contributed by atoms with van der Waals surface area (Å²) in [5.41, 5.74) is -0.627. The van der Waals surface area contributed by atoms with E-state index in [1.54, 1.807) is 24.3 Å². The number of carbonyl (C=O) groups excluding carboxylic acids is 2. The zero-order valence-corrected chi connectivity index (χ0v) is 27.4. The number of fused-ring (bicyclic) bond motifs is 2. The number of carbonyl (C=O) groups is 2. The topological polar surface area (TPSA) is 113 Å². The van der Waals surface area contributed by atoms with Crippen molar-refractivity contribution >= 4 is 38.3 Å². The molecule has 4 fully saturated rings. The first-order chi connectivity index (χ1) is 20.0. The van der Waals surface area contributed by atoms with Crippen molar-refractivity contribution in [3.8, 4) is 0 Å². The Morgan fingerprint density at radius 3 is 2.21 bits per heavy atom. The number of ether oxygens (including phenoxy) is 1. The van der Waals surface area contributed by atoms with Gasteiger partial charge in [0.15, 0.2) is 6.04 Å². The number of amides is 1. The lowest BCUT2D eigenvalue weighted by molar-refractivity contribution is -0.163. The molecule has 0 saturated heterocycles. The molecule has 10 heteroatoms. The molecule has 4 saturated carbocycles. The third kappa shape index (κ3) is 5.94. The fraction of sp³-hybridized carbons (Fsp3) is 0.750. The molecule has 0 radical (unpaired) electrons. The Labute approximate surface area is 259 Å². The highest BCUT2D eigenvalue weighted by atomic mass is 79.9. The molecule has 2 N–H and O–H groups in total. The third-order valence-corrected chi connectivity index (χ3v) is 14.1. The van der Waals surface area contributed by atoms with Gasteiger partial charge in [0.2, 0.25) is 16.4 Å². The van der Waals surface area contributed by atoms with Crippen LogP contribution in [0.15, 0.2) is 28.7 Å². The molecule has 0 heterocycles. The molecule has 234 valence electrons. The Balaban J connectivity index is 1.42. The lowest BCUT2D eigenvalue weighted by Gasteiger charge is -2.46. The molecule has 1 aromatic carbocycles. The largest absolute Gasteiger partial charge is 0.460 e. The monoisotopic (exact) mass is 666 g/mol. The quantitative estimate of drug-likeness (QED) is 0.234. The fourth-order valence-electron chi connectivity index (χ4n) is 8.80. The van der Waals surface area contributed by atoms with E-state index in [-0.39, 0.29) is 29.2 Å². The van der Waals surface area contributed by atoms with Gasteiger partial charge < -0.3 is 15.2 Å². The molecule has 42 heavy (non-hydrogen) atoms. The number of hydrogen-bond donors (Lipinski definition) is 2. The van der Waals surface area contributed by atoms with Gasteiger partial charge in [0, 0.05) is 22.0 Å². The summed E-state index contributed by atoms with van der Waals surface area (Å²) in [7, 11) is -3.67. The minimum Gasteiger partial charge on any atom is -0.460 e.